The maximum Gasteiger partial charge on any atom is 0.223 e. The van der Waals surface area contributed by atoms with E-state index in [2.05, 4.69) is 41.4 Å². The first kappa shape index (κ1) is 14.9. The Morgan fingerprint density at radius 3 is 2.80 bits per heavy atom. The Labute approximate surface area is 121 Å². The van der Waals surface area contributed by atoms with Gasteiger partial charge in [0.05, 0.1) is 0 Å². The molecule has 5 nitrogen and oxygen atoms in total. The monoisotopic (exact) mass is 277 g/mol. The second-order valence-corrected chi connectivity index (χ2v) is 6.53. The van der Waals surface area contributed by atoms with E-state index < -0.39 is 0 Å². The van der Waals surface area contributed by atoms with Crippen LogP contribution in [0.3, 0.4) is 0 Å². The number of aromatic nitrogens is 2. The van der Waals surface area contributed by atoms with E-state index in [4.69, 9.17) is 5.73 Å². The summed E-state index contributed by atoms with van der Waals surface area (Å²) in [6.07, 6.45) is 6.01. The Hall–Kier alpha value is -1.52. The number of hydrogen-bond donors (Lipinski definition) is 3. The fourth-order valence-electron chi connectivity index (χ4n) is 2.91. The Morgan fingerprint density at radius 2 is 2.10 bits per heavy atom. The minimum atomic E-state index is 0.323. The highest BCUT2D eigenvalue weighted by Gasteiger charge is 2.28. The maximum atomic E-state index is 5.79. The Bertz CT molecular complexity index is 444. The van der Waals surface area contributed by atoms with Crippen molar-refractivity contribution in [2.45, 2.75) is 58.9 Å². The van der Waals surface area contributed by atoms with E-state index in [-0.39, 0.29) is 0 Å². The van der Waals surface area contributed by atoms with Gasteiger partial charge in [0.15, 0.2) is 0 Å². The van der Waals surface area contributed by atoms with Gasteiger partial charge in [0.25, 0.3) is 0 Å². The van der Waals surface area contributed by atoms with Crippen LogP contribution in [0.15, 0.2) is 6.07 Å². The lowest BCUT2D eigenvalue weighted by Crippen LogP contribution is -2.32. The predicted octanol–water partition coefficient (Wildman–Crippen LogP) is 3.26. The molecule has 0 aliphatic heterocycles. The zero-order valence-corrected chi connectivity index (χ0v) is 12.9. The lowest BCUT2D eigenvalue weighted by Gasteiger charge is -2.35. The van der Waals surface area contributed by atoms with Gasteiger partial charge in [0, 0.05) is 18.7 Å². The smallest absolute Gasteiger partial charge is 0.223 e. The van der Waals surface area contributed by atoms with Gasteiger partial charge in [0.1, 0.15) is 11.6 Å². The summed E-state index contributed by atoms with van der Waals surface area (Å²) in [6, 6.07) is 2.43. The van der Waals surface area contributed by atoms with Gasteiger partial charge in [-0.05, 0) is 31.1 Å². The van der Waals surface area contributed by atoms with Crippen molar-refractivity contribution in [1.82, 2.24) is 9.97 Å². The summed E-state index contributed by atoms with van der Waals surface area (Å²) < 4.78 is 0. The largest absolute Gasteiger partial charge is 0.370 e. The number of hydrogen-bond acceptors (Lipinski definition) is 5. The summed E-state index contributed by atoms with van der Waals surface area (Å²) in [4.78, 5) is 8.51. The fraction of sp³-hybridized carbons (Fsp3) is 0.733. The number of nitrogen functional groups attached to an aromatic ring is 1. The first-order valence-electron chi connectivity index (χ1n) is 7.63. The molecule has 0 radical (unpaired) electrons. The number of nitrogens with one attached hydrogen (secondary N) is 2. The van der Waals surface area contributed by atoms with Crippen LogP contribution in [0.5, 0.6) is 0 Å². The van der Waals surface area contributed by atoms with E-state index in [1.807, 2.05) is 6.07 Å². The van der Waals surface area contributed by atoms with E-state index in [0.29, 0.717) is 17.4 Å². The second kappa shape index (κ2) is 6.29. The molecule has 112 valence electrons. The van der Waals surface area contributed by atoms with Crippen LogP contribution < -0.4 is 16.4 Å². The molecule has 1 unspecified atom stereocenters. The second-order valence-electron chi connectivity index (χ2n) is 6.53. The van der Waals surface area contributed by atoms with Gasteiger partial charge in [-0.1, -0.05) is 27.2 Å². The van der Waals surface area contributed by atoms with Gasteiger partial charge in [0.2, 0.25) is 5.95 Å². The maximum absolute atomic E-state index is 5.79. The molecule has 1 aromatic rings. The summed E-state index contributed by atoms with van der Waals surface area (Å²) in [6.45, 7) is 7.69. The van der Waals surface area contributed by atoms with Crippen LogP contribution in [0.25, 0.3) is 0 Å². The predicted molar refractivity (Wildman–Crippen MR) is 84.9 cm³/mol. The normalized spacial score (nSPS) is 21.4. The lowest BCUT2D eigenvalue weighted by molar-refractivity contribution is 0.229. The lowest BCUT2D eigenvalue weighted by atomic mass is 9.75. The van der Waals surface area contributed by atoms with E-state index in [9.17, 15) is 0 Å². The molecule has 2 rings (SSSR count). The van der Waals surface area contributed by atoms with E-state index in [1.165, 1.54) is 25.7 Å². The van der Waals surface area contributed by atoms with E-state index in [1.54, 1.807) is 0 Å². The van der Waals surface area contributed by atoms with Crippen LogP contribution in [-0.2, 0) is 0 Å². The third-order valence-electron chi connectivity index (χ3n) is 3.86. The van der Waals surface area contributed by atoms with Crippen LogP contribution in [-0.4, -0.2) is 22.6 Å². The van der Waals surface area contributed by atoms with E-state index >= 15 is 0 Å². The molecule has 0 spiro atoms. The van der Waals surface area contributed by atoms with Crippen molar-refractivity contribution in [3.63, 3.8) is 0 Å². The fourth-order valence-corrected chi connectivity index (χ4v) is 2.91. The summed E-state index contributed by atoms with van der Waals surface area (Å²) >= 11 is 0. The molecule has 1 atom stereocenters. The van der Waals surface area contributed by atoms with Crippen LogP contribution in [0, 0.1) is 5.41 Å². The molecule has 1 aliphatic carbocycles. The molecule has 1 heterocycles. The molecule has 0 saturated heterocycles. The SMILES string of the molecule is CCCNc1cc(NC2CCCC(C)(C)C2)nc(N)n1. The number of nitrogens with zero attached hydrogens (tertiary/aromatic N) is 2. The van der Waals surface area contributed by atoms with Gasteiger partial charge < -0.3 is 16.4 Å². The average Bonchev–Trinajstić information content (AvgIpc) is 2.34. The standard InChI is InChI=1S/C15H27N5/c1-4-8-17-12-9-13(20-14(16)19-12)18-11-6-5-7-15(2,3)10-11/h9,11H,4-8,10H2,1-3H3,(H4,16,17,18,19,20). The van der Waals surface area contributed by atoms with Crippen LogP contribution in [0.1, 0.15) is 52.9 Å². The molecule has 1 aliphatic rings. The molecule has 20 heavy (non-hydrogen) atoms. The Morgan fingerprint density at radius 1 is 1.35 bits per heavy atom. The molecule has 1 aromatic heterocycles. The van der Waals surface area contributed by atoms with Crippen molar-refractivity contribution < 1.29 is 0 Å². The molecule has 1 saturated carbocycles. The number of anilines is 3. The molecule has 0 bridgehead atoms. The Balaban J connectivity index is 2.03. The van der Waals surface area contributed by atoms with Gasteiger partial charge in [-0.3, -0.25) is 0 Å². The third-order valence-corrected chi connectivity index (χ3v) is 3.86. The number of rotatable bonds is 5. The molecular formula is C15H27N5. The van der Waals surface area contributed by atoms with Crippen molar-refractivity contribution in [3.8, 4) is 0 Å². The summed E-state index contributed by atoms with van der Waals surface area (Å²) in [5, 5.41) is 6.78. The Kier molecular flexibility index (Phi) is 4.68. The highest BCUT2D eigenvalue weighted by atomic mass is 15.1. The minimum Gasteiger partial charge on any atom is -0.370 e. The van der Waals surface area contributed by atoms with Gasteiger partial charge in [-0.25, -0.2) is 0 Å². The van der Waals surface area contributed by atoms with Gasteiger partial charge in [-0.15, -0.1) is 0 Å². The average molecular weight is 277 g/mol. The molecule has 1 fully saturated rings. The third kappa shape index (κ3) is 4.25. The van der Waals surface area contributed by atoms with E-state index in [0.717, 1.165) is 24.6 Å². The van der Waals surface area contributed by atoms with Crippen molar-refractivity contribution in [3.05, 3.63) is 6.07 Å². The quantitative estimate of drug-likeness (QED) is 0.770. The highest BCUT2D eigenvalue weighted by Crippen LogP contribution is 2.36. The molecule has 5 heteroatoms. The zero-order valence-electron chi connectivity index (χ0n) is 12.9. The van der Waals surface area contributed by atoms with Crippen molar-refractivity contribution in [2.24, 2.45) is 5.41 Å². The molecule has 0 amide bonds. The summed E-state index contributed by atoms with van der Waals surface area (Å²) in [5.74, 6) is 1.96. The first-order valence-corrected chi connectivity index (χ1v) is 7.63. The van der Waals surface area contributed by atoms with Crippen LogP contribution in [0.4, 0.5) is 17.6 Å². The summed E-state index contributed by atoms with van der Waals surface area (Å²) in [7, 11) is 0. The molecular weight excluding hydrogens is 250 g/mol. The highest BCUT2D eigenvalue weighted by molar-refractivity contribution is 5.51. The summed E-state index contributed by atoms with van der Waals surface area (Å²) in [5.41, 5.74) is 6.20. The van der Waals surface area contributed by atoms with Gasteiger partial charge >= 0.3 is 0 Å². The minimum absolute atomic E-state index is 0.323. The van der Waals surface area contributed by atoms with Crippen molar-refractivity contribution >= 4 is 17.6 Å². The topological polar surface area (TPSA) is 75.9 Å². The molecule has 0 aromatic carbocycles. The zero-order chi connectivity index (χ0) is 14.6. The first-order chi connectivity index (χ1) is 9.48. The van der Waals surface area contributed by atoms with Crippen LogP contribution >= 0.6 is 0 Å². The molecule has 4 N–H and O–H groups in total. The number of nitrogens with two attached hydrogens (primary N) is 1. The van der Waals surface area contributed by atoms with Crippen molar-refractivity contribution in [2.75, 3.05) is 22.9 Å². The van der Waals surface area contributed by atoms with Crippen molar-refractivity contribution in [1.29, 1.82) is 0 Å². The van der Waals surface area contributed by atoms with Gasteiger partial charge in [-0.2, -0.15) is 9.97 Å². The van der Waals surface area contributed by atoms with Crippen LogP contribution in [0.2, 0.25) is 0 Å².